The van der Waals surface area contributed by atoms with Crippen molar-refractivity contribution < 1.29 is 0 Å². The predicted octanol–water partition coefficient (Wildman–Crippen LogP) is 3.77. The molecule has 0 atom stereocenters. The number of nitrogens with one attached hydrogen (secondary N) is 1. The minimum absolute atomic E-state index is 0.674. The predicted molar refractivity (Wildman–Crippen MR) is 87.5 cm³/mol. The number of aromatic nitrogens is 2. The van der Waals surface area contributed by atoms with E-state index in [1.54, 1.807) is 11.8 Å². The molecule has 1 heterocycles. The molecule has 106 valence electrons. The first kappa shape index (κ1) is 15.3. The zero-order valence-corrected chi connectivity index (χ0v) is 13.7. The number of hydrogen-bond acceptors (Lipinski definition) is 5. The summed E-state index contributed by atoms with van der Waals surface area (Å²) in [6.45, 7) is 2.13. The number of anilines is 1. The van der Waals surface area contributed by atoms with Crippen LogP contribution in [0, 0.1) is 0 Å². The van der Waals surface area contributed by atoms with Crippen molar-refractivity contribution in [2.75, 3.05) is 5.43 Å². The molecule has 1 aromatic heterocycles. The molecule has 3 N–H and O–H groups in total. The summed E-state index contributed by atoms with van der Waals surface area (Å²) < 4.78 is 1.08. The Morgan fingerprint density at radius 2 is 2.15 bits per heavy atom. The summed E-state index contributed by atoms with van der Waals surface area (Å²) in [5.74, 6) is 7.66. The van der Waals surface area contributed by atoms with Crippen LogP contribution < -0.4 is 11.3 Å². The highest BCUT2D eigenvalue weighted by Crippen LogP contribution is 2.24. The molecule has 1 aromatic carbocycles. The Kier molecular flexibility index (Phi) is 5.82. The van der Waals surface area contributed by atoms with E-state index in [-0.39, 0.29) is 0 Å². The average Bonchev–Trinajstić information content (AvgIpc) is 2.45. The second kappa shape index (κ2) is 7.61. The van der Waals surface area contributed by atoms with E-state index in [2.05, 4.69) is 50.4 Å². The normalized spacial score (nSPS) is 10.6. The Labute approximate surface area is 131 Å². The molecule has 2 rings (SSSR count). The van der Waals surface area contributed by atoms with Crippen LogP contribution in [0.25, 0.3) is 0 Å². The van der Waals surface area contributed by atoms with Crippen LogP contribution >= 0.6 is 27.7 Å². The fourth-order valence-corrected chi connectivity index (χ4v) is 3.14. The fourth-order valence-electron chi connectivity index (χ4n) is 1.78. The van der Waals surface area contributed by atoms with Gasteiger partial charge in [-0.2, -0.15) is 0 Å². The SMILES string of the molecule is CCCc1cc(NN)nc(CSc2cccc(Br)c2)n1. The molecule has 0 bridgehead atoms. The molecule has 20 heavy (non-hydrogen) atoms. The van der Waals surface area contributed by atoms with Crippen LogP contribution in [-0.2, 0) is 12.2 Å². The summed E-state index contributed by atoms with van der Waals surface area (Å²) in [6, 6.07) is 10.1. The lowest BCUT2D eigenvalue weighted by Gasteiger charge is -2.07. The maximum Gasteiger partial charge on any atom is 0.143 e. The molecular weight excluding hydrogens is 336 g/mol. The van der Waals surface area contributed by atoms with E-state index in [4.69, 9.17) is 5.84 Å². The first-order chi connectivity index (χ1) is 9.71. The number of hydrazine groups is 1. The summed E-state index contributed by atoms with van der Waals surface area (Å²) >= 11 is 5.18. The Morgan fingerprint density at radius 1 is 1.30 bits per heavy atom. The van der Waals surface area contributed by atoms with Gasteiger partial charge in [-0.15, -0.1) is 11.8 Å². The van der Waals surface area contributed by atoms with Crippen molar-refractivity contribution in [2.24, 2.45) is 5.84 Å². The van der Waals surface area contributed by atoms with Crippen molar-refractivity contribution in [3.05, 3.63) is 46.3 Å². The van der Waals surface area contributed by atoms with E-state index in [9.17, 15) is 0 Å². The lowest BCUT2D eigenvalue weighted by molar-refractivity contribution is 0.854. The molecule has 0 saturated heterocycles. The van der Waals surface area contributed by atoms with Gasteiger partial charge in [-0.1, -0.05) is 35.3 Å². The van der Waals surface area contributed by atoms with E-state index in [0.717, 1.165) is 34.6 Å². The Hall–Kier alpha value is -1.11. The first-order valence-electron chi connectivity index (χ1n) is 6.43. The highest BCUT2D eigenvalue weighted by molar-refractivity contribution is 9.10. The van der Waals surface area contributed by atoms with Gasteiger partial charge in [-0.05, 0) is 24.6 Å². The molecule has 0 spiro atoms. The number of halogens is 1. The molecule has 2 aromatic rings. The maximum absolute atomic E-state index is 5.46. The van der Waals surface area contributed by atoms with Crippen LogP contribution in [0.15, 0.2) is 39.7 Å². The van der Waals surface area contributed by atoms with Crippen LogP contribution in [0.3, 0.4) is 0 Å². The van der Waals surface area contributed by atoms with Crippen LogP contribution in [-0.4, -0.2) is 9.97 Å². The van der Waals surface area contributed by atoms with E-state index in [0.29, 0.717) is 5.82 Å². The maximum atomic E-state index is 5.46. The van der Waals surface area contributed by atoms with Gasteiger partial charge in [0.05, 0.1) is 5.75 Å². The lowest BCUT2D eigenvalue weighted by Crippen LogP contribution is -2.11. The standard InChI is InChI=1S/C14H17BrN4S/c1-2-4-11-8-13(19-16)18-14(17-11)9-20-12-6-3-5-10(15)7-12/h3,5-8H,2,4,9,16H2,1H3,(H,17,18,19). The van der Waals surface area contributed by atoms with E-state index in [1.807, 2.05) is 18.2 Å². The Balaban J connectivity index is 2.10. The third-order valence-electron chi connectivity index (χ3n) is 2.64. The van der Waals surface area contributed by atoms with E-state index >= 15 is 0 Å². The van der Waals surface area contributed by atoms with Crippen LogP contribution in [0.1, 0.15) is 24.9 Å². The summed E-state index contributed by atoms with van der Waals surface area (Å²) in [5.41, 5.74) is 3.63. The largest absolute Gasteiger partial charge is 0.308 e. The minimum atomic E-state index is 0.674. The van der Waals surface area contributed by atoms with Crippen LogP contribution in [0.5, 0.6) is 0 Å². The van der Waals surface area contributed by atoms with Gasteiger partial charge < -0.3 is 5.43 Å². The molecule has 4 nitrogen and oxygen atoms in total. The minimum Gasteiger partial charge on any atom is -0.308 e. The molecule has 0 unspecified atom stereocenters. The number of benzene rings is 1. The van der Waals surface area contributed by atoms with Gasteiger partial charge in [0.15, 0.2) is 0 Å². The number of hydrogen-bond donors (Lipinski definition) is 2. The van der Waals surface area contributed by atoms with Crippen molar-refractivity contribution in [1.82, 2.24) is 9.97 Å². The molecule has 0 aliphatic carbocycles. The molecule has 0 saturated carbocycles. The highest BCUT2D eigenvalue weighted by atomic mass is 79.9. The number of thioether (sulfide) groups is 1. The molecule has 0 amide bonds. The summed E-state index contributed by atoms with van der Waals surface area (Å²) in [7, 11) is 0. The van der Waals surface area contributed by atoms with Crippen molar-refractivity contribution >= 4 is 33.5 Å². The quantitative estimate of drug-likeness (QED) is 0.470. The molecule has 0 fully saturated rings. The zero-order valence-electron chi connectivity index (χ0n) is 11.3. The van der Waals surface area contributed by atoms with Crippen LogP contribution in [0.2, 0.25) is 0 Å². The molecular formula is C14H17BrN4S. The highest BCUT2D eigenvalue weighted by Gasteiger charge is 2.05. The fraction of sp³-hybridized carbons (Fsp3) is 0.286. The van der Waals surface area contributed by atoms with Crippen molar-refractivity contribution in [1.29, 1.82) is 0 Å². The third-order valence-corrected chi connectivity index (χ3v) is 4.13. The molecule has 0 aliphatic rings. The lowest BCUT2D eigenvalue weighted by atomic mass is 10.2. The smallest absolute Gasteiger partial charge is 0.143 e. The van der Waals surface area contributed by atoms with Gasteiger partial charge in [0.25, 0.3) is 0 Å². The van der Waals surface area contributed by atoms with Gasteiger partial charge in [-0.25, -0.2) is 15.8 Å². The monoisotopic (exact) mass is 352 g/mol. The van der Waals surface area contributed by atoms with Gasteiger partial charge >= 0.3 is 0 Å². The van der Waals surface area contributed by atoms with Crippen molar-refractivity contribution in [3.8, 4) is 0 Å². The van der Waals surface area contributed by atoms with E-state index in [1.165, 1.54) is 4.90 Å². The molecule has 0 radical (unpaired) electrons. The average molecular weight is 353 g/mol. The number of rotatable bonds is 6. The van der Waals surface area contributed by atoms with Crippen LogP contribution in [0.4, 0.5) is 5.82 Å². The second-order valence-corrected chi connectivity index (χ2v) is 6.27. The van der Waals surface area contributed by atoms with Gasteiger partial charge in [-0.3, -0.25) is 0 Å². The first-order valence-corrected chi connectivity index (χ1v) is 8.21. The summed E-state index contributed by atoms with van der Waals surface area (Å²) in [4.78, 5) is 10.1. The summed E-state index contributed by atoms with van der Waals surface area (Å²) in [5, 5.41) is 0. The zero-order chi connectivity index (χ0) is 14.4. The number of aryl methyl sites for hydroxylation is 1. The second-order valence-electron chi connectivity index (χ2n) is 4.30. The van der Waals surface area contributed by atoms with Gasteiger partial charge in [0, 0.05) is 21.1 Å². The van der Waals surface area contributed by atoms with Gasteiger partial charge in [0.1, 0.15) is 11.6 Å². The Morgan fingerprint density at radius 3 is 2.85 bits per heavy atom. The van der Waals surface area contributed by atoms with Crippen molar-refractivity contribution in [3.63, 3.8) is 0 Å². The summed E-state index contributed by atoms with van der Waals surface area (Å²) in [6.07, 6.45) is 1.99. The molecule has 0 aliphatic heterocycles. The third kappa shape index (κ3) is 4.47. The Bertz CT molecular complexity index is 577. The number of nitrogens with two attached hydrogens (primary N) is 1. The topological polar surface area (TPSA) is 63.8 Å². The number of nitrogen functional groups attached to an aromatic ring is 1. The van der Waals surface area contributed by atoms with Crippen molar-refractivity contribution in [2.45, 2.75) is 30.4 Å². The van der Waals surface area contributed by atoms with E-state index < -0.39 is 0 Å². The van der Waals surface area contributed by atoms with Gasteiger partial charge in [0.2, 0.25) is 0 Å². The number of nitrogens with zero attached hydrogens (tertiary/aromatic N) is 2. The molecule has 6 heteroatoms.